The Hall–Kier alpha value is -3.20. The van der Waals surface area contributed by atoms with E-state index in [1.165, 1.54) is 0 Å². The third-order valence-electron chi connectivity index (χ3n) is 5.78. The number of anilines is 1. The van der Waals surface area contributed by atoms with Crippen LogP contribution in [0.4, 0.5) is 15.3 Å². The van der Waals surface area contributed by atoms with E-state index >= 15 is 0 Å². The Bertz CT molecular complexity index is 1020. The minimum atomic E-state index is -0.925. The molecule has 1 heterocycles. The van der Waals surface area contributed by atoms with Crippen LogP contribution >= 0.6 is 11.6 Å². The van der Waals surface area contributed by atoms with Crippen molar-refractivity contribution in [3.63, 3.8) is 0 Å². The van der Waals surface area contributed by atoms with E-state index in [1.54, 1.807) is 56.9 Å². The molecule has 3 rings (SSSR count). The predicted molar refractivity (Wildman–Crippen MR) is 136 cm³/mol. The van der Waals surface area contributed by atoms with E-state index in [9.17, 15) is 14.4 Å². The molecule has 0 aromatic heterocycles. The summed E-state index contributed by atoms with van der Waals surface area (Å²) in [5.41, 5.74) is 3.45. The summed E-state index contributed by atoms with van der Waals surface area (Å²) in [6.45, 7) is 10.9. The molecule has 1 fully saturated rings. The quantitative estimate of drug-likeness (QED) is 0.331. The Labute approximate surface area is 217 Å². The van der Waals surface area contributed by atoms with Gasteiger partial charge in [0.2, 0.25) is 0 Å². The van der Waals surface area contributed by atoms with E-state index in [4.69, 9.17) is 25.8 Å². The average Bonchev–Trinajstić information content (AvgIpc) is 3.13. The Morgan fingerprint density at radius 3 is 2.25 bits per heavy atom. The molecule has 1 aliphatic heterocycles. The average molecular weight is 520 g/mol. The van der Waals surface area contributed by atoms with Crippen molar-refractivity contribution in [3.05, 3.63) is 52.9 Å². The van der Waals surface area contributed by atoms with Crippen molar-refractivity contribution in [2.75, 3.05) is 12.0 Å². The van der Waals surface area contributed by atoms with Crippen LogP contribution in [-0.4, -0.2) is 52.9 Å². The molecule has 1 N–H and O–H groups in total. The number of hydrazine groups is 1. The number of carbonyl (C=O) groups is 3. The van der Waals surface area contributed by atoms with Crippen molar-refractivity contribution < 1.29 is 28.6 Å². The van der Waals surface area contributed by atoms with Gasteiger partial charge >= 0.3 is 12.2 Å². The second-order valence-electron chi connectivity index (χ2n) is 9.38. The van der Waals surface area contributed by atoms with Gasteiger partial charge in [0.05, 0.1) is 30.1 Å². The molecule has 0 radical (unpaired) electrons. The molecule has 1 saturated carbocycles. The molecule has 1 aromatic rings. The van der Waals surface area contributed by atoms with Gasteiger partial charge in [0.1, 0.15) is 11.3 Å². The van der Waals surface area contributed by atoms with Gasteiger partial charge < -0.3 is 19.1 Å². The largest absolute Gasteiger partial charge is 0.513 e. The minimum Gasteiger partial charge on any atom is -0.445 e. The SMILES string of the molecule is C=C(C1=C(OC(=O)OC(C)C)CN(C2CCCCC2)C1=O)N(Nc1ccc(Cl)cc1)C(=O)OC(C)C. The Morgan fingerprint density at radius 1 is 1.06 bits per heavy atom. The molecule has 0 atom stereocenters. The van der Waals surface area contributed by atoms with E-state index in [1.807, 2.05) is 0 Å². The molecular formula is C26H34ClN3O6. The maximum atomic E-state index is 13.7. The Balaban J connectivity index is 1.96. The fourth-order valence-corrected chi connectivity index (χ4v) is 4.31. The summed E-state index contributed by atoms with van der Waals surface area (Å²) in [5.74, 6) is -0.277. The molecule has 0 bridgehead atoms. The molecule has 0 spiro atoms. The van der Waals surface area contributed by atoms with Gasteiger partial charge in [0, 0.05) is 11.1 Å². The molecule has 9 nitrogen and oxygen atoms in total. The molecule has 196 valence electrons. The summed E-state index contributed by atoms with van der Waals surface area (Å²) in [5, 5.41) is 1.56. The van der Waals surface area contributed by atoms with E-state index in [0.29, 0.717) is 10.7 Å². The molecule has 0 saturated heterocycles. The number of ether oxygens (including phenoxy) is 3. The van der Waals surface area contributed by atoms with Gasteiger partial charge in [-0.3, -0.25) is 10.2 Å². The highest BCUT2D eigenvalue weighted by Crippen LogP contribution is 2.34. The van der Waals surface area contributed by atoms with Gasteiger partial charge in [-0.05, 0) is 64.8 Å². The van der Waals surface area contributed by atoms with Gasteiger partial charge in [-0.15, -0.1) is 0 Å². The van der Waals surface area contributed by atoms with E-state index in [0.717, 1.165) is 37.1 Å². The molecule has 1 aromatic carbocycles. The van der Waals surface area contributed by atoms with Crippen molar-refractivity contribution in [1.82, 2.24) is 9.91 Å². The van der Waals surface area contributed by atoms with Crippen molar-refractivity contribution >= 4 is 35.4 Å². The molecule has 36 heavy (non-hydrogen) atoms. The number of hydrogen-bond donors (Lipinski definition) is 1. The monoisotopic (exact) mass is 519 g/mol. The minimum absolute atomic E-state index is 0.00810. The van der Waals surface area contributed by atoms with Crippen molar-refractivity contribution in [2.24, 2.45) is 0 Å². The van der Waals surface area contributed by atoms with Crippen LogP contribution in [0.3, 0.4) is 0 Å². The lowest BCUT2D eigenvalue weighted by Crippen LogP contribution is -2.41. The first-order valence-corrected chi connectivity index (χ1v) is 12.6. The van der Waals surface area contributed by atoms with Crippen LogP contribution in [0.5, 0.6) is 0 Å². The highest BCUT2D eigenvalue weighted by Gasteiger charge is 2.41. The van der Waals surface area contributed by atoms with Crippen LogP contribution in [-0.2, 0) is 19.0 Å². The fraction of sp³-hybridized carbons (Fsp3) is 0.500. The molecule has 0 unspecified atom stereocenters. The Morgan fingerprint density at radius 2 is 1.67 bits per heavy atom. The molecular weight excluding hydrogens is 486 g/mol. The highest BCUT2D eigenvalue weighted by atomic mass is 35.5. The number of halogens is 1. The smallest absolute Gasteiger partial charge is 0.445 e. The second-order valence-corrected chi connectivity index (χ2v) is 9.81. The molecule has 2 aliphatic rings. The van der Waals surface area contributed by atoms with E-state index in [-0.39, 0.29) is 35.5 Å². The van der Waals surface area contributed by atoms with Crippen LogP contribution in [0.25, 0.3) is 0 Å². The van der Waals surface area contributed by atoms with E-state index in [2.05, 4.69) is 12.0 Å². The first-order chi connectivity index (χ1) is 17.1. The van der Waals surface area contributed by atoms with Crippen molar-refractivity contribution in [3.8, 4) is 0 Å². The van der Waals surface area contributed by atoms with Crippen LogP contribution in [0.1, 0.15) is 59.8 Å². The summed E-state index contributed by atoms with van der Waals surface area (Å²) >= 11 is 5.99. The number of amides is 2. The summed E-state index contributed by atoms with van der Waals surface area (Å²) < 4.78 is 16.0. The van der Waals surface area contributed by atoms with Crippen LogP contribution in [0.15, 0.2) is 47.9 Å². The Kier molecular flexibility index (Phi) is 9.25. The lowest BCUT2D eigenvalue weighted by atomic mass is 9.94. The summed E-state index contributed by atoms with van der Waals surface area (Å²) in [6, 6.07) is 6.65. The molecule has 10 heteroatoms. The maximum Gasteiger partial charge on any atom is 0.513 e. The number of carbonyl (C=O) groups excluding carboxylic acids is 3. The molecule has 2 amide bonds. The van der Waals surface area contributed by atoms with Crippen LogP contribution in [0.2, 0.25) is 5.02 Å². The topological polar surface area (TPSA) is 97.4 Å². The first-order valence-electron chi connectivity index (χ1n) is 12.2. The normalized spacial score (nSPS) is 16.4. The zero-order valence-electron chi connectivity index (χ0n) is 21.2. The maximum absolute atomic E-state index is 13.7. The fourth-order valence-electron chi connectivity index (χ4n) is 4.18. The number of rotatable bonds is 8. The van der Waals surface area contributed by atoms with Gasteiger partial charge in [-0.2, -0.15) is 5.01 Å². The number of nitrogens with zero attached hydrogens (tertiary/aromatic N) is 2. The standard InChI is InChI=1S/C26H34ClN3O6/c1-16(2)34-25(32)30(28-20-13-11-19(27)12-14-20)18(5)23-22(36-26(33)35-17(3)4)15-29(24(23)31)21-9-7-6-8-10-21/h11-14,16-17,21,28H,5-10,15H2,1-4H3. The number of hydrogen-bond acceptors (Lipinski definition) is 7. The third-order valence-corrected chi connectivity index (χ3v) is 6.04. The summed E-state index contributed by atoms with van der Waals surface area (Å²) in [7, 11) is 0. The van der Waals surface area contributed by atoms with Gasteiger partial charge in [-0.1, -0.05) is 37.4 Å². The highest BCUT2D eigenvalue weighted by molar-refractivity contribution is 6.30. The third kappa shape index (κ3) is 6.94. The lowest BCUT2D eigenvalue weighted by molar-refractivity contribution is -0.128. The molecule has 1 aliphatic carbocycles. The predicted octanol–water partition coefficient (Wildman–Crippen LogP) is 6.02. The van der Waals surface area contributed by atoms with E-state index < -0.39 is 24.5 Å². The van der Waals surface area contributed by atoms with Crippen molar-refractivity contribution in [1.29, 1.82) is 0 Å². The number of nitrogens with one attached hydrogen (secondary N) is 1. The second kappa shape index (κ2) is 12.2. The zero-order valence-corrected chi connectivity index (χ0v) is 22.0. The van der Waals surface area contributed by atoms with Gasteiger partial charge in [0.15, 0.2) is 0 Å². The van der Waals surface area contributed by atoms with Crippen LogP contribution < -0.4 is 5.43 Å². The summed E-state index contributed by atoms with van der Waals surface area (Å²) in [6.07, 6.45) is 2.34. The van der Waals surface area contributed by atoms with Crippen molar-refractivity contribution in [2.45, 2.75) is 78.0 Å². The first kappa shape index (κ1) is 27.4. The lowest BCUT2D eigenvalue weighted by Gasteiger charge is -2.31. The summed E-state index contributed by atoms with van der Waals surface area (Å²) in [4.78, 5) is 40.8. The van der Waals surface area contributed by atoms with Gasteiger partial charge in [-0.25, -0.2) is 9.59 Å². The van der Waals surface area contributed by atoms with Gasteiger partial charge in [0.25, 0.3) is 5.91 Å². The number of benzene rings is 1. The van der Waals surface area contributed by atoms with Crippen LogP contribution in [0, 0.1) is 0 Å². The zero-order chi connectivity index (χ0) is 26.4.